The lowest BCUT2D eigenvalue weighted by Crippen LogP contribution is -2.40. The van der Waals surface area contributed by atoms with Gasteiger partial charge in [0.25, 0.3) is 11.8 Å². The van der Waals surface area contributed by atoms with Crippen LogP contribution in [0.5, 0.6) is 5.75 Å². The molecule has 0 saturated heterocycles. The first kappa shape index (κ1) is 19.3. The number of para-hydroxylation sites is 1. The van der Waals surface area contributed by atoms with Crippen molar-refractivity contribution in [3.8, 4) is 5.75 Å². The van der Waals surface area contributed by atoms with Gasteiger partial charge in [0.05, 0.1) is 11.4 Å². The van der Waals surface area contributed by atoms with Crippen LogP contribution in [-0.4, -0.2) is 16.9 Å². The van der Waals surface area contributed by atoms with Crippen LogP contribution in [0.25, 0.3) is 10.8 Å². The van der Waals surface area contributed by atoms with Crippen LogP contribution in [0.3, 0.4) is 0 Å². The number of hydrogen-bond donors (Lipinski definition) is 3. The lowest BCUT2D eigenvalue weighted by molar-refractivity contribution is 0.0893. The van der Waals surface area contributed by atoms with Crippen LogP contribution >= 0.6 is 0 Å². The second kappa shape index (κ2) is 7.21. The summed E-state index contributed by atoms with van der Waals surface area (Å²) in [6.45, 7) is 0. The first-order valence-electron chi connectivity index (χ1n) is 9.75. The summed E-state index contributed by atoms with van der Waals surface area (Å²) in [5.74, 6) is -0.923. The van der Waals surface area contributed by atoms with E-state index in [1.54, 1.807) is 60.7 Å². The smallest absolute Gasteiger partial charge is 0.265 e. The zero-order valence-electron chi connectivity index (χ0n) is 16.7. The predicted octanol–water partition coefficient (Wildman–Crippen LogP) is 4.93. The van der Waals surface area contributed by atoms with Gasteiger partial charge in [-0.1, -0.05) is 24.3 Å². The van der Waals surface area contributed by atoms with Crippen molar-refractivity contribution in [2.45, 2.75) is 0 Å². The van der Waals surface area contributed by atoms with Crippen molar-refractivity contribution in [1.29, 1.82) is 0 Å². The van der Waals surface area contributed by atoms with Crippen molar-refractivity contribution in [3.63, 3.8) is 0 Å². The Kier molecular flexibility index (Phi) is 4.34. The molecule has 0 fully saturated rings. The number of nitrogens with two attached hydrogens (primary N) is 2. The van der Waals surface area contributed by atoms with Gasteiger partial charge < -0.3 is 16.6 Å². The standard InChI is InChI=1S/C24H17N5O3/c25-17-10-9-16-22-14(17)4-3-5-15(22)23(31)29(24(16)32)13-8-11-19(18(26)12-13)27-28-20-6-1-2-7-21(20)30/h1-12,30H,25-26H2. The average molecular weight is 423 g/mol. The molecule has 8 heteroatoms. The molecule has 8 nitrogen and oxygen atoms in total. The molecule has 5 rings (SSSR count). The van der Waals surface area contributed by atoms with Gasteiger partial charge in [-0.05, 0) is 48.5 Å². The minimum absolute atomic E-state index is 0.00979. The van der Waals surface area contributed by atoms with E-state index in [0.29, 0.717) is 44.6 Å². The molecule has 1 aliphatic rings. The SMILES string of the molecule is Nc1cc(N2C(=O)c3cccc4c(N)ccc(c34)C2=O)ccc1N=Nc1ccccc1O. The summed E-state index contributed by atoms with van der Waals surface area (Å²) in [5, 5.41) is 19.1. The van der Waals surface area contributed by atoms with Gasteiger partial charge in [0.2, 0.25) is 0 Å². The molecule has 0 atom stereocenters. The first-order chi connectivity index (χ1) is 15.5. The number of nitrogen functional groups attached to an aromatic ring is 2. The van der Waals surface area contributed by atoms with Crippen molar-refractivity contribution < 1.29 is 14.7 Å². The highest BCUT2D eigenvalue weighted by Crippen LogP contribution is 2.37. The molecule has 0 unspecified atom stereocenters. The number of phenolic OH excluding ortho intramolecular Hbond substituents is 1. The number of hydrogen-bond acceptors (Lipinski definition) is 7. The van der Waals surface area contributed by atoms with Crippen molar-refractivity contribution >= 4 is 51.0 Å². The van der Waals surface area contributed by atoms with E-state index in [0.717, 1.165) is 4.90 Å². The van der Waals surface area contributed by atoms with Gasteiger partial charge in [-0.2, -0.15) is 0 Å². The lowest BCUT2D eigenvalue weighted by atomic mass is 9.93. The van der Waals surface area contributed by atoms with Gasteiger partial charge in [0, 0.05) is 27.6 Å². The Morgan fingerprint density at radius 1 is 0.719 bits per heavy atom. The first-order valence-corrected chi connectivity index (χ1v) is 9.75. The summed E-state index contributed by atoms with van der Waals surface area (Å²) in [5.41, 5.74) is 14.6. The molecular formula is C24H17N5O3. The van der Waals surface area contributed by atoms with Crippen molar-refractivity contribution in [2.24, 2.45) is 10.2 Å². The monoisotopic (exact) mass is 423 g/mol. The average Bonchev–Trinajstić information content (AvgIpc) is 2.79. The van der Waals surface area contributed by atoms with Crippen molar-refractivity contribution in [2.75, 3.05) is 16.4 Å². The Morgan fingerprint density at radius 2 is 1.44 bits per heavy atom. The van der Waals surface area contributed by atoms with Crippen molar-refractivity contribution in [3.05, 3.63) is 83.9 Å². The highest BCUT2D eigenvalue weighted by molar-refractivity contribution is 6.36. The second-order valence-corrected chi connectivity index (χ2v) is 7.31. The molecule has 156 valence electrons. The summed E-state index contributed by atoms with van der Waals surface area (Å²) in [6, 6.07) is 19.6. The van der Waals surface area contributed by atoms with E-state index < -0.39 is 11.8 Å². The van der Waals surface area contributed by atoms with E-state index in [9.17, 15) is 14.7 Å². The van der Waals surface area contributed by atoms with Gasteiger partial charge in [-0.25, -0.2) is 4.90 Å². The number of rotatable bonds is 3. The molecule has 32 heavy (non-hydrogen) atoms. The maximum Gasteiger partial charge on any atom is 0.265 e. The number of benzene rings is 4. The normalized spacial score (nSPS) is 13.3. The number of azo groups is 1. The zero-order chi connectivity index (χ0) is 22.4. The molecule has 4 aromatic rings. The number of carbonyl (C=O) groups excluding carboxylic acids is 2. The third-order valence-electron chi connectivity index (χ3n) is 5.36. The fraction of sp³-hybridized carbons (Fsp3) is 0. The van der Waals surface area contributed by atoms with Crippen LogP contribution in [0.1, 0.15) is 20.7 Å². The number of nitrogens with zero attached hydrogens (tertiary/aromatic N) is 3. The van der Waals surface area contributed by atoms with E-state index in [4.69, 9.17) is 11.5 Å². The molecule has 4 aromatic carbocycles. The molecule has 0 aromatic heterocycles. The topological polar surface area (TPSA) is 134 Å². The molecule has 5 N–H and O–H groups in total. The van der Waals surface area contributed by atoms with E-state index >= 15 is 0 Å². The van der Waals surface area contributed by atoms with Crippen LogP contribution in [0.4, 0.5) is 28.4 Å². The van der Waals surface area contributed by atoms with Gasteiger partial charge in [-0.3, -0.25) is 9.59 Å². The summed E-state index contributed by atoms with van der Waals surface area (Å²) < 4.78 is 0. The molecule has 1 aliphatic heterocycles. The van der Waals surface area contributed by atoms with Gasteiger partial charge in [-0.15, -0.1) is 10.2 Å². The third kappa shape index (κ3) is 2.93. The molecule has 0 saturated carbocycles. The molecule has 0 spiro atoms. The van der Waals surface area contributed by atoms with E-state index in [1.807, 2.05) is 0 Å². The summed E-state index contributed by atoms with van der Waals surface area (Å²) in [6.07, 6.45) is 0. The van der Waals surface area contributed by atoms with Gasteiger partial charge in [0.15, 0.2) is 0 Å². The van der Waals surface area contributed by atoms with Crippen LogP contribution in [0.15, 0.2) is 83.0 Å². The minimum Gasteiger partial charge on any atom is -0.506 e. The highest BCUT2D eigenvalue weighted by atomic mass is 16.3. The van der Waals surface area contributed by atoms with E-state index in [2.05, 4.69) is 10.2 Å². The van der Waals surface area contributed by atoms with Gasteiger partial charge in [0.1, 0.15) is 17.1 Å². The summed E-state index contributed by atoms with van der Waals surface area (Å²) in [7, 11) is 0. The predicted molar refractivity (Wildman–Crippen MR) is 123 cm³/mol. The molecule has 1 heterocycles. The fourth-order valence-corrected chi connectivity index (χ4v) is 3.78. The molecule has 0 aliphatic carbocycles. The molecular weight excluding hydrogens is 406 g/mol. The van der Waals surface area contributed by atoms with Crippen LogP contribution < -0.4 is 16.4 Å². The van der Waals surface area contributed by atoms with Crippen LogP contribution in [0.2, 0.25) is 0 Å². The Hall–Kier alpha value is -4.72. The van der Waals surface area contributed by atoms with E-state index in [1.165, 1.54) is 12.1 Å². The quantitative estimate of drug-likeness (QED) is 0.244. The third-order valence-corrected chi connectivity index (χ3v) is 5.36. The summed E-state index contributed by atoms with van der Waals surface area (Å²) >= 11 is 0. The maximum absolute atomic E-state index is 13.2. The molecule has 0 bridgehead atoms. The van der Waals surface area contributed by atoms with Crippen LogP contribution in [-0.2, 0) is 0 Å². The largest absolute Gasteiger partial charge is 0.506 e. The number of anilines is 3. The number of carbonyl (C=O) groups is 2. The Labute approximate surface area is 182 Å². The minimum atomic E-state index is -0.457. The maximum atomic E-state index is 13.2. The highest BCUT2D eigenvalue weighted by Gasteiger charge is 2.34. The van der Waals surface area contributed by atoms with E-state index in [-0.39, 0.29) is 11.4 Å². The number of aromatic hydroxyl groups is 1. The Bertz CT molecular complexity index is 1440. The summed E-state index contributed by atoms with van der Waals surface area (Å²) in [4.78, 5) is 27.5. The fourth-order valence-electron chi connectivity index (χ4n) is 3.78. The van der Waals surface area contributed by atoms with Crippen LogP contribution in [0, 0.1) is 0 Å². The second-order valence-electron chi connectivity index (χ2n) is 7.31. The zero-order valence-corrected chi connectivity index (χ0v) is 16.7. The van der Waals surface area contributed by atoms with Gasteiger partial charge >= 0.3 is 0 Å². The number of phenols is 1. The molecule has 2 amide bonds. The number of amides is 2. The number of imide groups is 1. The van der Waals surface area contributed by atoms with Crippen molar-refractivity contribution in [1.82, 2.24) is 0 Å². The molecule has 0 radical (unpaired) electrons. The lowest BCUT2D eigenvalue weighted by Gasteiger charge is -2.27. The Morgan fingerprint density at radius 3 is 2.19 bits per heavy atom. The Balaban J connectivity index is 1.54.